The van der Waals surface area contributed by atoms with Gasteiger partial charge < -0.3 is 15.4 Å². The first-order valence-electron chi connectivity index (χ1n) is 7.02. The zero-order chi connectivity index (χ0) is 15.9. The van der Waals surface area contributed by atoms with E-state index >= 15 is 0 Å². The molecule has 0 spiro atoms. The highest BCUT2D eigenvalue weighted by molar-refractivity contribution is 14.1. The van der Waals surface area contributed by atoms with Gasteiger partial charge in [-0.2, -0.15) is 0 Å². The van der Waals surface area contributed by atoms with E-state index in [9.17, 15) is 4.79 Å². The zero-order valence-electron chi connectivity index (χ0n) is 12.6. The van der Waals surface area contributed by atoms with Crippen molar-refractivity contribution in [3.05, 3.63) is 57.7 Å². The molecule has 22 heavy (non-hydrogen) atoms. The van der Waals surface area contributed by atoms with Gasteiger partial charge in [0.15, 0.2) is 0 Å². The molecule has 0 fully saturated rings. The quantitative estimate of drug-likeness (QED) is 0.718. The van der Waals surface area contributed by atoms with E-state index in [1.54, 1.807) is 7.11 Å². The first-order chi connectivity index (χ1) is 10.6. The molecule has 2 aromatic rings. The second-order valence-corrected chi connectivity index (χ2v) is 6.15. The van der Waals surface area contributed by atoms with Gasteiger partial charge in [-0.15, -0.1) is 0 Å². The van der Waals surface area contributed by atoms with Crippen LogP contribution in [0, 0.1) is 3.57 Å². The monoisotopic (exact) mass is 410 g/mol. The molecule has 2 rings (SSSR count). The molecule has 0 radical (unpaired) electrons. The lowest BCUT2D eigenvalue weighted by molar-refractivity contribution is -0.121. The molecule has 2 aromatic carbocycles. The lowest BCUT2D eigenvalue weighted by Crippen LogP contribution is -2.37. The summed E-state index contributed by atoms with van der Waals surface area (Å²) in [6.45, 7) is 2.29. The molecule has 0 bridgehead atoms. The number of amides is 1. The van der Waals surface area contributed by atoms with E-state index in [0.717, 1.165) is 20.6 Å². The molecule has 1 amide bonds. The molecule has 0 aliphatic rings. The Morgan fingerprint density at radius 3 is 2.55 bits per heavy atom. The molecule has 0 aliphatic heterocycles. The van der Waals surface area contributed by atoms with Gasteiger partial charge >= 0.3 is 0 Å². The summed E-state index contributed by atoms with van der Waals surface area (Å²) >= 11 is 2.25. The molecular formula is C17H19IN2O2. The fraction of sp³-hybridized carbons (Fsp3) is 0.235. The Labute approximate surface area is 144 Å². The Balaban J connectivity index is 1.90. The summed E-state index contributed by atoms with van der Waals surface area (Å²) in [5.74, 6) is 0.727. The number of carbonyl (C=O) groups excluding carboxylic acids is 1. The van der Waals surface area contributed by atoms with Crippen LogP contribution in [-0.4, -0.2) is 19.1 Å². The molecular weight excluding hydrogens is 391 g/mol. The van der Waals surface area contributed by atoms with Crippen LogP contribution in [0.4, 0.5) is 5.69 Å². The van der Waals surface area contributed by atoms with E-state index in [4.69, 9.17) is 4.74 Å². The summed E-state index contributed by atoms with van der Waals surface area (Å²) in [6, 6.07) is 15.3. The van der Waals surface area contributed by atoms with Gasteiger partial charge in [0, 0.05) is 21.4 Å². The molecule has 2 N–H and O–H groups in total. The smallest absolute Gasteiger partial charge is 0.242 e. The average Bonchev–Trinajstić information content (AvgIpc) is 2.54. The molecule has 1 atom stereocenters. The lowest BCUT2D eigenvalue weighted by Gasteiger charge is -2.16. The summed E-state index contributed by atoms with van der Waals surface area (Å²) in [4.78, 5) is 12.2. The normalized spacial score (nSPS) is 11.6. The summed E-state index contributed by atoms with van der Waals surface area (Å²) < 4.78 is 6.44. The van der Waals surface area contributed by atoms with Crippen LogP contribution < -0.4 is 15.4 Å². The third-order valence-electron chi connectivity index (χ3n) is 3.27. The van der Waals surface area contributed by atoms with Gasteiger partial charge in [-0.3, -0.25) is 4.79 Å². The van der Waals surface area contributed by atoms with E-state index in [0.29, 0.717) is 6.54 Å². The Bertz CT molecular complexity index is 629. The summed E-state index contributed by atoms with van der Waals surface area (Å²) in [5, 5.41) is 6.11. The molecule has 0 saturated carbocycles. The standard InChI is InChI=1S/C17H19IN2O2/c1-12(20-15-9-7-14(18)8-10-15)17(21)19-11-13-5-3-4-6-16(13)22-2/h3-10,12,20H,11H2,1-2H3,(H,19,21)/t12-/m1/s1. The number of anilines is 1. The van der Waals surface area contributed by atoms with Gasteiger partial charge in [-0.25, -0.2) is 0 Å². The Morgan fingerprint density at radius 2 is 1.86 bits per heavy atom. The van der Waals surface area contributed by atoms with Gasteiger partial charge in [0.2, 0.25) is 5.91 Å². The van der Waals surface area contributed by atoms with Crippen LogP contribution in [0.15, 0.2) is 48.5 Å². The van der Waals surface area contributed by atoms with Crippen molar-refractivity contribution in [3.8, 4) is 5.75 Å². The fourth-order valence-corrected chi connectivity index (χ4v) is 2.41. The summed E-state index contributed by atoms with van der Waals surface area (Å²) in [6.07, 6.45) is 0. The number of hydrogen-bond donors (Lipinski definition) is 2. The number of methoxy groups -OCH3 is 1. The zero-order valence-corrected chi connectivity index (χ0v) is 14.8. The van der Waals surface area contributed by atoms with Gasteiger partial charge in [0.1, 0.15) is 11.8 Å². The first kappa shape index (κ1) is 16.6. The highest BCUT2D eigenvalue weighted by Gasteiger charge is 2.13. The Hall–Kier alpha value is -1.76. The van der Waals surface area contributed by atoms with E-state index in [1.807, 2.05) is 55.5 Å². The molecule has 0 heterocycles. The van der Waals surface area contributed by atoms with Crippen molar-refractivity contribution in [1.82, 2.24) is 5.32 Å². The van der Waals surface area contributed by atoms with Crippen molar-refractivity contribution in [2.24, 2.45) is 0 Å². The fourth-order valence-electron chi connectivity index (χ4n) is 2.05. The topological polar surface area (TPSA) is 50.4 Å². The molecule has 0 aromatic heterocycles. The van der Waals surface area contributed by atoms with Crippen LogP contribution in [0.5, 0.6) is 5.75 Å². The Morgan fingerprint density at radius 1 is 1.18 bits per heavy atom. The van der Waals surface area contributed by atoms with Crippen LogP contribution in [0.3, 0.4) is 0 Å². The molecule has 0 unspecified atom stereocenters. The molecule has 116 valence electrons. The molecule has 5 heteroatoms. The molecule has 4 nitrogen and oxygen atoms in total. The lowest BCUT2D eigenvalue weighted by atomic mass is 10.2. The van der Waals surface area contributed by atoms with Crippen molar-refractivity contribution < 1.29 is 9.53 Å². The van der Waals surface area contributed by atoms with Crippen LogP contribution >= 0.6 is 22.6 Å². The van der Waals surface area contributed by atoms with Crippen molar-refractivity contribution in [2.75, 3.05) is 12.4 Å². The number of benzene rings is 2. The van der Waals surface area contributed by atoms with Gasteiger partial charge in [0.05, 0.1) is 7.11 Å². The van der Waals surface area contributed by atoms with Crippen molar-refractivity contribution >= 4 is 34.2 Å². The maximum absolute atomic E-state index is 12.2. The predicted octanol–water partition coefficient (Wildman–Crippen LogP) is 3.42. The van der Waals surface area contributed by atoms with E-state index in [-0.39, 0.29) is 11.9 Å². The number of halogens is 1. The minimum absolute atomic E-state index is 0.0514. The maximum atomic E-state index is 12.2. The number of rotatable bonds is 6. The number of hydrogen-bond acceptors (Lipinski definition) is 3. The van der Waals surface area contributed by atoms with Crippen LogP contribution in [0.1, 0.15) is 12.5 Å². The van der Waals surface area contributed by atoms with Gasteiger partial charge in [0.25, 0.3) is 0 Å². The van der Waals surface area contributed by atoms with Crippen LogP contribution in [0.25, 0.3) is 0 Å². The number of ether oxygens (including phenoxy) is 1. The Kier molecular flexibility index (Phi) is 6.06. The third-order valence-corrected chi connectivity index (χ3v) is 3.99. The average molecular weight is 410 g/mol. The summed E-state index contributed by atoms with van der Waals surface area (Å²) in [7, 11) is 1.63. The number of para-hydroxylation sites is 1. The van der Waals surface area contributed by atoms with Crippen molar-refractivity contribution in [3.63, 3.8) is 0 Å². The highest BCUT2D eigenvalue weighted by atomic mass is 127. The van der Waals surface area contributed by atoms with Crippen LogP contribution in [-0.2, 0) is 11.3 Å². The first-order valence-corrected chi connectivity index (χ1v) is 8.09. The molecule has 0 aliphatic carbocycles. The van der Waals surface area contributed by atoms with Gasteiger partial charge in [-0.05, 0) is 59.8 Å². The third kappa shape index (κ3) is 4.62. The van der Waals surface area contributed by atoms with Crippen LogP contribution in [0.2, 0.25) is 0 Å². The maximum Gasteiger partial charge on any atom is 0.242 e. The summed E-state index contributed by atoms with van der Waals surface area (Å²) in [5.41, 5.74) is 1.89. The van der Waals surface area contributed by atoms with Gasteiger partial charge in [-0.1, -0.05) is 18.2 Å². The highest BCUT2D eigenvalue weighted by Crippen LogP contribution is 2.17. The largest absolute Gasteiger partial charge is 0.496 e. The predicted molar refractivity (Wildman–Crippen MR) is 97.1 cm³/mol. The van der Waals surface area contributed by atoms with Crippen molar-refractivity contribution in [1.29, 1.82) is 0 Å². The van der Waals surface area contributed by atoms with E-state index < -0.39 is 0 Å². The minimum atomic E-state index is -0.310. The second-order valence-electron chi connectivity index (χ2n) is 4.90. The number of carbonyl (C=O) groups is 1. The van der Waals surface area contributed by atoms with Crippen molar-refractivity contribution in [2.45, 2.75) is 19.5 Å². The number of nitrogens with one attached hydrogen (secondary N) is 2. The van der Waals surface area contributed by atoms with E-state index in [2.05, 4.69) is 33.2 Å². The minimum Gasteiger partial charge on any atom is -0.496 e. The molecule has 0 saturated heterocycles. The second kappa shape index (κ2) is 8.03. The SMILES string of the molecule is COc1ccccc1CNC(=O)[C@@H](C)Nc1ccc(I)cc1. The van der Waals surface area contributed by atoms with E-state index in [1.165, 1.54) is 0 Å².